The topological polar surface area (TPSA) is 38.9 Å². The molecule has 10 aromatic rings. The predicted octanol–water partition coefficient (Wildman–Crippen LogP) is 14.0. The van der Waals surface area contributed by atoms with Crippen molar-refractivity contribution >= 4 is 21.9 Å². The summed E-state index contributed by atoms with van der Waals surface area (Å²) in [4.78, 5) is 10.5. The molecule has 0 radical (unpaired) electrons. The zero-order chi connectivity index (χ0) is 36.6. The van der Waals surface area contributed by atoms with Gasteiger partial charge in [-0.25, -0.2) is 9.97 Å². The molecule has 0 fully saturated rings. The molecule has 3 nitrogen and oxygen atoms in total. The first-order valence-corrected chi connectivity index (χ1v) is 18.6. The summed E-state index contributed by atoms with van der Waals surface area (Å²) in [6.07, 6.45) is 0. The Kier molecular flexibility index (Phi) is 8.16. The lowest BCUT2D eigenvalue weighted by Gasteiger charge is -2.14. The van der Waals surface area contributed by atoms with Gasteiger partial charge in [0.2, 0.25) is 0 Å². The van der Waals surface area contributed by atoms with Gasteiger partial charge in [-0.1, -0.05) is 170 Å². The summed E-state index contributed by atoms with van der Waals surface area (Å²) in [7, 11) is 0. The van der Waals surface area contributed by atoms with Crippen LogP contribution >= 0.6 is 0 Å². The van der Waals surface area contributed by atoms with Crippen LogP contribution in [0.4, 0.5) is 0 Å². The molecule has 10 rings (SSSR count). The van der Waals surface area contributed by atoms with Gasteiger partial charge in [-0.2, -0.15) is 0 Å². The molecule has 55 heavy (non-hydrogen) atoms. The van der Waals surface area contributed by atoms with Crippen molar-refractivity contribution in [2.75, 3.05) is 0 Å². The van der Waals surface area contributed by atoms with E-state index >= 15 is 0 Å². The van der Waals surface area contributed by atoms with E-state index in [0.29, 0.717) is 5.82 Å². The van der Waals surface area contributed by atoms with Crippen LogP contribution in [0.1, 0.15) is 0 Å². The third-order valence-corrected chi connectivity index (χ3v) is 10.3. The fourth-order valence-corrected chi connectivity index (χ4v) is 7.51. The van der Waals surface area contributed by atoms with Gasteiger partial charge in [0.25, 0.3) is 0 Å². The minimum absolute atomic E-state index is 0.674. The molecule has 0 saturated heterocycles. The summed E-state index contributed by atoms with van der Waals surface area (Å²) < 4.78 is 6.57. The van der Waals surface area contributed by atoms with Crippen molar-refractivity contribution in [1.29, 1.82) is 0 Å². The van der Waals surface area contributed by atoms with Crippen LogP contribution in [0.5, 0.6) is 0 Å². The van der Waals surface area contributed by atoms with Crippen LogP contribution < -0.4 is 0 Å². The third kappa shape index (κ3) is 6.28. The van der Waals surface area contributed by atoms with Gasteiger partial charge in [0.05, 0.1) is 11.4 Å². The number of rotatable bonds is 7. The van der Waals surface area contributed by atoms with E-state index in [0.717, 1.165) is 83.4 Å². The molecule has 0 amide bonds. The lowest BCUT2D eigenvalue weighted by atomic mass is 9.93. The Balaban J connectivity index is 1.18. The van der Waals surface area contributed by atoms with Crippen LogP contribution in [0.3, 0.4) is 0 Å². The van der Waals surface area contributed by atoms with Crippen molar-refractivity contribution in [2.24, 2.45) is 0 Å². The molecule has 0 aliphatic carbocycles. The van der Waals surface area contributed by atoms with Crippen LogP contribution in [-0.2, 0) is 0 Å². The summed E-state index contributed by atoms with van der Waals surface area (Å²) in [5.41, 5.74) is 15.4. The van der Waals surface area contributed by atoms with Crippen molar-refractivity contribution in [3.8, 4) is 78.4 Å². The zero-order valence-electron chi connectivity index (χ0n) is 29.9. The molecule has 258 valence electrons. The lowest BCUT2D eigenvalue weighted by Crippen LogP contribution is -1.97. The summed E-state index contributed by atoms with van der Waals surface area (Å²) >= 11 is 0. The van der Waals surface area contributed by atoms with E-state index in [4.69, 9.17) is 14.4 Å². The quantitative estimate of drug-likeness (QED) is 0.166. The molecule has 0 spiro atoms. The van der Waals surface area contributed by atoms with Crippen molar-refractivity contribution in [3.63, 3.8) is 0 Å². The Bertz CT molecular complexity index is 2950. The Hall–Kier alpha value is -7.36. The second kappa shape index (κ2) is 13.9. The normalized spacial score (nSPS) is 11.3. The minimum Gasteiger partial charge on any atom is -0.455 e. The van der Waals surface area contributed by atoms with Crippen molar-refractivity contribution in [2.45, 2.75) is 0 Å². The summed E-state index contributed by atoms with van der Waals surface area (Å²) in [6.45, 7) is 0. The molecule has 0 aliphatic heterocycles. The molecule has 0 aliphatic rings. The maximum atomic E-state index is 6.57. The van der Waals surface area contributed by atoms with E-state index in [9.17, 15) is 0 Å². The minimum atomic E-state index is 0.674. The van der Waals surface area contributed by atoms with Gasteiger partial charge in [-0.15, -0.1) is 0 Å². The highest BCUT2D eigenvalue weighted by Crippen LogP contribution is 2.40. The molecule has 0 unspecified atom stereocenters. The summed E-state index contributed by atoms with van der Waals surface area (Å²) in [6, 6.07) is 72.2. The van der Waals surface area contributed by atoms with Crippen molar-refractivity contribution < 1.29 is 4.42 Å². The van der Waals surface area contributed by atoms with Gasteiger partial charge in [0.1, 0.15) is 11.2 Å². The number of benzene rings is 8. The Morgan fingerprint density at radius 1 is 0.291 bits per heavy atom. The van der Waals surface area contributed by atoms with E-state index in [1.165, 1.54) is 11.1 Å². The number of nitrogens with zero attached hydrogens (tertiary/aromatic N) is 2. The van der Waals surface area contributed by atoms with E-state index in [1.54, 1.807) is 0 Å². The van der Waals surface area contributed by atoms with Gasteiger partial charge in [0, 0.05) is 33.0 Å². The van der Waals surface area contributed by atoms with Gasteiger partial charge in [0.15, 0.2) is 5.82 Å². The average Bonchev–Trinajstić information content (AvgIpc) is 3.66. The number of furan rings is 1. The number of hydrogen-bond acceptors (Lipinski definition) is 3. The number of para-hydroxylation sites is 2. The standard InChI is InChI=1S/C52H34N2O/c1-4-14-35(15-5-1)37-26-28-38(29-27-37)42-31-43(45-23-13-24-47-46-22-10-11-25-50(46)55-51(45)47)33-44(32-42)49-34-48(39-18-8-3-9-19-39)53-52(54-49)41-21-12-20-40(30-41)36-16-6-2-7-17-36/h1-34H. The second-order valence-electron chi connectivity index (χ2n) is 13.8. The maximum Gasteiger partial charge on any atom is 0.160 e. The number of fused-ring (bicyclic) bond motifs is 3. The van der Waals surface area contributed by atoms with Gasteiger partial charge in [-0.3, -0.25) is 0 Å². The monoisotopic (exact) mass is 702 g/mol. The number of hydrogen-bond donors (Lipinski definition) is 0. The van der Waals surface area contributed by atoms with Crippen LogP contribution in [-0.4, -0.2) is 9.97 Å². The Morgan fingerprint density at radius 3 is 1.49 bits per heavy atom. The van der Waals surface area contributed by atoms with Crippen molar-refractivity contribution in [1.82, 2.24) is 9.97 Å². The first kappa shape index (κ1) is 32.3. The Labute approximate surface area is 319 Å². The van der Waals surface area contributed by atoms with E-state index < -0.39 is 0 Å². The molecule has 0 N–H and O–H groups in total. The molecular weight excluding hydrogens is 669 g/mol. The summed E-state index contributed by atoms with van der Waals surface area (Å²) in [5.74, 6) is 0.674. The van der Waals surface area contributed by atoms with E-state index in [-0.39, 0.29) is 0 Å². The summed E-state index contributed by atoms with van der Waals surface area (Å²) in [5, 5.41) is 2.21. The van der Waals surface area contributed by atoms with Crippen molar-refractivity contribution in [3.05, 3.63) is 206 Å². The largest absolute Gasteiger partial charge is 0.455 e. The maximum absolute atomic E-state index is 6.57. The molecule has 0 bridgehead atoms. The average molecular weight is 703 g/mol. The highest BCUT2D eigenvalue weighted by molar-refractivity contribution is 6.09. The molecular formula is C52H34N2O. The molecule has 8 aromatic carbocycles. The van der Waals surface area contributed by atoms with Crippen LogP contribution in [0, 0.1) is 0 Å². The molecule has 0 atom stereocenters. The van der Waals surface area contributed by atoms with E-state index in [1.807, 2.05) is 24.3 Å². The fraction of sp³-hybridized carbons (Fsp3) is 0. The smallest absolute Gasteiger partial charge is 0.160 e. The van der Waals surface area contributed by atoms with Gasteiger partial charge < -0.3 is 4.42 Å². The Morgan fingerprint density at radius 2 is 0.764 bits per heavy atom. The van der Waals surface area contributed by atoms with Crippen LogP contribution in [0.2, 0.25) is 0 Å². The van der Waals surface area contributed by atoms with Crippen LogP contribution in [0.25, 0.3) is 100 Å². The lowest BCUT2D eigenvalue weighted by molar-refractivity contribution is 0.670. The second-order valence-corrected chi connectivity index (χ2v) is 13.8. The zero-order valence-corrected chi connectivity index (χ0v) is 29.9. The first-order chi connectivity index (χ1) is 27.2. The molecule has 2 aromatic heterocycles. The van der Waals surface area contributed by atoms with Gasteiger partial charge in [-0.05, 0) is 75.3 Å². The SMILES string of the molecule is c1ccc(-c2ccc(-c3cc(-c4cc(-c5ccccc5)nc(-c5cccc(-c6ccccc6)c5)n4)cc(-c4cccc5c4oc4ccccc45)c3)cc2)cc1. The van der Waals surface area contributed by atoms with Gasteiger partial charge >= 0.3 is 0 Å². The fourth-order valence-electron chi connectivity index (χ4n) is 7.51. The highest BCUT2D eigenvalue weighted by atomic mass is 16.3. The molecule has 2 heterocycles. The van der Waals surface area contributed by atoms with Crippen LogP contribution in [0.15, 0.2) is 211 Å². The highest BCUT2D eigenvalue weighted by Gasteiger charge is 2.17. The first-order valence-electron chi connectivity index (χ1n) is 18.6. The van der Waals surface area contributed by atoms with E-state index in [2.05, 4.69) is 182 Å². The third-order valence-electron chi connectivity index (χ3n) is 10.3. The number of aromatic nitrogens is 2. The molecule has 3 heteroatoms. The predicted molar refractivity (Wildman–Crippen MR) is 227 cm³/mol. The molecule has 0 saturated carbocycles.